The summed E-state index contributed by atoms with van der Waals surface area (Å²) in [5, 5.41) is 0. The van der Waals surface area contributed by atoms with Gasteiger partial charge in [-0.25, -0.2) is 4.79 Å². The lowest BCUT2D eigenvalue weighted by molar-refractivity contribution is -0.142. The number of carbonyl (C=O) groups excluding carboxylic acids is 2. The third-order valence-electron chi connectivity index (χ3n) is 3.48. The number of hydrogen-bond acceptors (Lipinski definition) is 5. The van der Waals surface area contributed by atoms with Crippen LogP contribution in [0.4, 0.5) is 4.79 Å². The molecule has 1 rings (SSSR count). The second kappa shape index (κ2) is 6.22. The molecule has 1 amide bonds. The van der Waals surface area contributed by atoms with Crippen molar-refractivity contribution < 1.29 is 23.8 Å². The van der Waals surface area contributed by atoms with Crippen LogP contribution in [0.2, 0.25) is 0 Å². The summed E-state index contributed by atoms with van der Waals surface area (Å²) < 4.78 is 15.9. The summed E-state index contributed by atoms with van der Waals surface area (Å²) in [6, 6.07) is -0.214. The van der Waals surface area contributed by atoms with Crippen molar-refractivity contribution in [2.45, 2.75) is 65.3 Å². The monoisotopic (exact) mass is 301 g/mol. The zero-order chi connectivity index (χ0) is 16.4. The molecule has 0 radical (unpaired) electrons. The van der Waals surface area contributed by atoms with Crippen molar-refractivity contribution in [3.8, 4) is 0 Å². The van der Waals surface area contributed by atoms with Gasteiger partial charge in [-0.3, -0.25) is 9.69 Å². The van der Waals surface area contributed by atoms with Gasteiger partial charge in [-0.05, 0) is 40.5 Å². The number of methoxy groups -OCH3 is 1. The Morgan fingerprint density at radius 1 is 1.38 bits per heavy atom. The van der Waals surface area contributed by atoms with E-state index in [0.717, 1.165) is 0 Å². The van der Waals surface area contributed by atoms with Crippen LogP contribution in [0.5, 0.6) is 0 Å². The average Bonchev–Trinajstić information content (AvgIpc) is 2.62. The zero-order valence-corrected chi connectivity index (χ0v) is 14.1. The second-order valence-electron chi connectivity index (χ2n) is 6.93. The molecule has 1 saturated heterocycles. The quantitative estimate of drug-likeness (QED) is 0.750. The Morgan fingerprint density at radius 2 is 1.95 bits per heavy atom. The molecule has 0 aromatic carbocycles. The fourth-order valence-electron chi connectivity index (χ4n) is 2.40. The van der Waals surface area contributed by atoms with Crippen molar-refractivity contribution in [1.82, 2.24) is 4.90 Å². The van der Waals surface area contributed by atoms with Crippen LogP contribution in [0.3, 0.4) is 0 Å². The Labute approximate surface area is 126 Å². The van der Waals surface area contributed by atoms with Crippen LogP contribution in [0, 0.1) is 5.92 Å². The van der Waals surface area contributed by atoms with Crippen LogP contribution in [0.15, 0.2) is 0 Å². The van der Waals surface area contributed by atoms with Crippen molar-refractivity contribution in [3.05, 3.63) is 0 Å². The van der Waals surface area contributed by atoms with Gasteiger partial charge in [0.15, 0.2) is 0 Å². The van der Waals surface area contributed by atoms with Gasteiger partial charge in [0.25, 0.3) is 0 Å². The molecule has 1 fully saturated rings. The predicted molar refractivity (Wildman–Crippen MR) is 77.7 cm³/mol. The molecule has 0 spiro atoms. The van der Waals surface area contributed by atoms with Crippen LogP contribution >= 0.6 is 0 Å². The smallest absolute Gasteiger partial charge is 0.412 e. The molecule has 0 N–H and O–H groups in total. The van der Waals surface area contributed by atoms with Crippen LogP contribution in [0.25, 0.3) is 0 Å². The minimum atomic E-state index is -0.753. The van der Waals surface area contributed by atoms with Crippen molar-refractivity contribution in [3.63, 3.8) is 0 Å². The van der Waals surface area contributed by atoms with Crippen molar-refractivity contribution in [2.75, 3.05) is 13.7 Å². The molecule has 6 nitrogen and oxygen atoms in total. The van der Waals surface area contributed by atoms with Gasteiger partial charge in [0.1, 0.15) is 11.3 Å². The Morgan fingerprint density at radius 3 is 2.43 bits per heavy atom. The molecular weight excluding hydrogens is 274 g/mol. The SMILES string of the molecule is COC(=O)CC(C)C1COC(C)(C)N1C(=O)OC(C)(C)C. The van der Waals surface area contributed by atoms with Crippen molar-refractivity contribution >= 4 is 12.1 Å². The molecule has 0 saturated carbocycles. The van der Waals surface area contributed by atoms with E-state index in [1.54, 1.807) is 4.90 Å². The minimum Gasteiger partial charge on any atom is -0.469 e. The zero-order valence-electron chi connectivity index (χ0n) is 14.1. The van der Waals surface area contributed by atoms with Gasteiger partial charge in [-0.2, -0.15) is 0 Å². The molecule has 6 heteroatoms. The molecule has 0 bridgehead atoms. The number of nitrogens with zero attached hydrogens (tertiary/aromatic N) is 1. The Balaban J connectivity index is 2.88. The molecule has 1 heterocycles. The van der Waals surface area contributed by atoms with Gasteiger partial charge in [0.2, 0.25) is 0 Å². The predicted octanol–water partition coefficient (Wildman–Crippen LogP) is 2.56. The third kappa shape index (κ3) is 4.59. The summed E-state index contributed by atoms with van der Waals surface area (Å²) in [4.78, 5) is 25.5. The van der Waals surface area contributed by atoms with E-state index in [1.807, 2.05) is 41.5 Å². The summed E-state index contributed by atoms with van der Waals surface area (Å²) in [5.41, 5.74) is -1.33. The number of hydrogen-bond donors (Lipinski definition) is 0. The Hall–Kier alpha value is -1.30. The number of carbonyl (C=O) groups is 2. The lowest BCUT2D eigenvalue weighted by Crippen LogP contribution is -2.51. The third-order valence-corrected chi connectivity index (χ3v) is 3.48. The Bertz CT molecular complexity index is 399. The highest BCUT2D eigenvalue weighted by atomic mass is 16.6. The maximum Gasteiger partial charge on any atom is 0.412 e. The van der Waals surface area contributed by atoms with Crippen molar-refractivity contribution in [2.24, 2.45) is 5.92 Å². The first kappa shape index (κ1) is 17.8. The fraction of sp³-hybridized carbons (Fsp3) is 0.867. The number of rotatable bonds is 3. The van der Waals surface area contributed by atoms with Gasteiger partial charge in [0.05, 0.1) is 26.2 Å². The molecule has 0 aliphatic carbocycles. The van der Waals surface area contributed by atoms with Crippen LogP contribution < -0.4 is 0 Å². The summed E-state index contributed by atoms with van der Waals surface area (Å²) in [7, 11) is 1.36. The molecule has 122 valence electrons. The van der Waals surface area contributed by atoms with Crippen LogP contribution in [0.1, 0.15) is 48.0 Å². The van der Waals surface area contributed by atoms with E-state index in [1.165, 1.54) is 7.11 Å². The topological polar surface area (TPSA) is 65.1 Å². The number of esters is 1. The summed E-state index contributed by atoms with van der Waals surface area (Å²) in [6.45, 7) is 11.4. The van der Waals surface area contributed by atoms with Crippen LogP contribution in [-0.2, 0) is 19.0 Å². The van der Waals surface area contributed by atoms with E-state index in [9.17, 15) is 9.59 Å². The van der Waals surface area contributed by atoms with Gasteiger partial charge >= 0.3 is 12.1 Å². The first-order chi connectivity index (χ1) is 9.48. The highest BCUT2D eigenvalue weighted by molar-refractivity contribution is 5.71. The van der Waals surface area contributed by atoms with Crippen molar-refractivity contribution in [1.29, 1.82) is 0 Å². The summed E-state index contributed by atoms with van der Waals surface area (Å²) in [5.74, 6) is -0.372. The maximum absolute atomic E-state index is 12.5. The highest BCUT2D eigenvalue weighted by Gasteiger charge is 2.47. The largest absolute Gasteiger partial charge is 0.469 e. The molecule has 1 aliphatic heterocycles. The second-order valence-corrected chi connectivity index (χ2v) is 6.93. The molecule has 0 aromatic rings. The van der Waals surface area contributed by atoms with E-state index in [-0.39, 0.29) is 24.3 Å². The summed E-state index contributed by atoms with van der Waals surface area (Å²) >= 11 is 0. The van der Waals surface area contributed by atoms with Crippen LogP contribution in [-0.4, -0.2) is 48.0 Å². The first-order valence-electron chi connectivity index (χ1n) is 7.21. The lowest BCUT2D eigenvalue weighted by Gasteiger charge is -2.36. The van der Waals surface area contributed by atoms with E-state index in [0.29, 0.717) is 6.61 Å². The summed E-state index contributed by atoms with van der Waals surface area (Å²) in [6.07, 6.45) is -0.188. The molecule has 1 aliphatic rings. The van der Waals surface area contributed by atoms with E-state index in [2.05, 4.69) is 0 Å². The lowest BCUT2D eigenvalue weighted by atomic mass is 9.97. The molecule has 2 atom stereocenters. The fourth-order valence-corrected chi connectivity index (χ4v) is 2.40. The normalized spacial score (nSPS) is 22.8. The molecular formula is C15H27NO5. The molecule has 2 unspecified atom stereocenters. The molecule has 0 aromatic heterocycles. The minimum absolute atomic E-state index is 0.0771. The van der Waals surface area contributed by atoms with Gasteiger partial charge in [0, 0.05) is 0 Å². The van der Waals surface area contributed by atoms with Gasteiger partial charge in [-0.1, -0.05) is 6.92 Å². The standard InChI is InChI=1S/C15H27NO5/c1-10(8-12(17)19-7)11-9-20-15(5,6)16(11)13(18)21-14(2,3)4/h10-11H,8-9H2,1-7H3. The van der Waals surface area contributed by atoms with E-state index in [4.69, 9.17) is 14.2 Å². The van der Waals surface area contributed by atoms with E-state index >= 15 is 0 Å². The van der Waals surface area contributed by atoms with E-state index < -0.39 is 17.4 Å². The maximum atomic E-state index is 12.5. The average molecular weight is 301 g/mol. The number of ether oxygens (including phenoxy) is 3. The van der Waals surface area contributed by atoms with Gasteiger partial charge in [-0.15, -0.1) is 0 Å². The highest BCUT2D eigenvalue weighted by Crippen LogP contribution is 2.33. The molecule has 21 heavy (non-hydrogen) atoms. The van der Waals surface area contributed by atoms with Gasteiger partial charge < -0.3 is 14.2 Å². The number of amides is 1. The first-order valence-corrected chi connectivity index (χ1v) is 7.21. The Kier molecular flexibility index (Phi) is 5.25.